The summed E-state index contributed by atoms with van der Waals surface area (Å²) in [6.07, 6.45) is 5.77. The van der Waals surface area contributed by atoms with E-state index in [-0.39, 0.29) is 24.4 Å². The third-order valence-electron chi connectivity index (χ3n) is 7.17. The molecule has 7 nitrogen and oxygen atoms in total. The van der Waals surface area contributed by atoms with Crippen molar-refractivity contribution in [3.05, 3.63) is 83.7 Å². The molecule has 1 unspecified atom stereocenters. The summed E-state index contributed by atoms with van der Waals surface area (Å²) in [7, 11) is 3.27. The Morgan fingerprint density at radius 3 is 2.33 bits per heavy atom. The van der Waals surface area contributed by atoms with Crippen LogP contribution in [0.5, 0.6) is 11.5 Å². The molecule has 2 amide bonds. The number of ether oxygens (including phenoxy) is 2. The number of benzene rings is 2. The van der Waals surface area contributed by atoms with Gasteiger partial charge in [-0.3, -0.25) is 9.59 Å². The zero-order chi connectivity index (χ0) is 28.2. The minimum absolute atomic E-state index is 0.0336. The van der Waals surface area contributed by atoms with E-state index in [9.17, 15) is 9.59 Å². The largest absolute Gasteiger partial charge is 0.497 e. The van der Waals surface area contributed by atoms with E-state index in [2.05, 4.69) is 37.5 Å². The summed E-state index contributed by atoms with van der Waals surface area (Å²) in [5, 5.41) is 0. The smallest absolute Gasteiger partial charge is 0.254 e. The number of nitrogens with zero attached hydrogens (tertiary/aromatic N) is 3. The minimum Gasteiger partial charge on any atom is -0.497 e. The van der Waals surface area contributed by atoms with Crippen LogP contribution in [0.4, 0.5) is 0 Å². The summed E-state index contributed by atoms with van der Waals surface area (Å²) < 4.78 is 12.8. The monoisotopic (exact) mass is 533 g/mol. The van der Waals surface area contributed by atoms with Gasteiger partial charge >= 0.3 is 0 Å². The quantitative estimate of drug-likeness (QED) is 0.224. The first-order valence-corrected chi connectivity index (χ1v) is 13.9. The summed E-state index contributed by atoms with van der Waals surface area (Å²) in [6.45, 7) is 8.04. The first kappa shape index (κ1) is 29.8. The van der Waals surface area contributed by atoms with Gasteiger partial charge in [-0.25, -0.2) is 0 Å². The molecule has 1 atom stereocenters. The molecule has 0 N–H and O–H groups in total. The standard InChI is InChI=1S/C32H43N3O4/c1-6-8-9-19-34(32(37)27-15-17-29(38-4)18-16-27)24-31(36)35(25(3)7-2)23-28-13-11-20-33(28)22-26-12-10-14-30(21-26)39-5/h10-18,20-21,25H,6-9,19,22-24H2,1-5H3. The van der Waals surface area contributed by atoms with E-state index in [0.29, 0.717) is 30.9 Å². The number of hydrogen-bond donors (Lipinski definition) is 0. The number of carbonyl (C=O) groups excluding carboxylic acids is 2. The molecule has 3 rings (SSSR count). The van der Waals surface area contributed by atoms with Crippen molar-refractivity contribution in [3.8, 4) is 11.5 Å². The molecule has 0 aliphatic heterocycles. The predicted molar refractivity (Wildman–Crippen MR) is 155 cm³/mol. The molecule has 1 heterocycles. The summed E-state index contributed by atoms with van der Waals surface area (Å²) in [5.41, 5.74) is 2.73. The number of carbonyl (C=O) groups is 2. The summed E-state index contributed by atoms with van der Waals surface area (Å²) >= 11 is 0. The maximum atomic E-state index is 13.8. The fraction of sp³-hybridized carbons (Fsp3) is 0.438. The van der Waals surface area contributed by atoms with E-state index >= 15 is 0 Å². The summed E-state index contributed by atoms with van der Waals surface area (Å²) in [4.78, 5) is 30.9. The summed E-state index contributed by atoms with van der Waals surface area (Å²) in [5.74, 6) is 1.34. The number of methoxy groups -OCH3 is 2. The second kappa shape index (κ2) is 15.0. The number of rotatable bonds is 15. The molecule has 3 aromatic rings. The van der Waals surface area contributed by atoms with Crippen molar-refractivity contribution in [2.75, 3.05) is 27.3 Å². The molecule has 1 aromatic heterocycles. The molecule has 0 aliphatic rings. The first-order chi connectivity index (χ1) is 18.9. The van der Waals surface area contributed by atoms with Crippen LogP contribution in [0.15, 0.2) is 66.9 Å². The first-order valence-electron chi connectivity index (χ1n) is 13.9. The van der Waals surface area contributed by atoms with Gasteiger partial charge in [-0.1, -0.05) is 38.8 Å². The number of hydrogen-bond acceptors (Lipinski definition) is 4. The van der Waals surface area contributed by atoms with Gasteiger partial charge < -0.3 is 23.8 Å². The lowest BCUT2D eigenvalue weighted by atomic mass is 10.1. The molecule has 0 spiro atoms. The lowest BCUT2D eigenvalue weighted by Crippen LogP contribution is -2.46. The topological polar surface area (TPSA) is 64.0 Å². The van der Waals surface area contributed by atoms with E-state index in [1.165, 1.54) is 0 Å². The van der Waals surface area contributed by atoms with Crippen LogP contribution in [0.2, 0.25) is 0 Å². The molecule has 0 radical (unpaired) electrons. The van der Waals surface area contributed by atoms with Crippen molar-refractivity contribution >= 4 is 11.8 Å². The highest BCUT2D eigenvalue weighted by Crippen LogP contribution is 2.19. The van der Waals surface area contributed by atoms with Crippen LogP contribution in [0.1, 0.15) is 68.1 Å². The minimum atomic E-state index is -0.132. The lowest BCUT2D eigenvalue weighted by Gasteiger charge is -2.32. The zero-order valence-electron chi connectivity index (χ0n) is 24.1. The Morgan fingerprint density at radius 2 is 1.67 bits per heavy atom. The normalized spacial score (nSPS) is 11.6. The van der Waals surface area contributed by atoms with E-state index < -0.39 is 0 Å². The molecule has 0 saturated carbocycles. The molecule has 0 saturated heterocycles. The van der Waals surface area contributed by atoms with Crippen molar-refractivity contribution in [1.29, 1.82) is 0 Å². The van der Waals surface area contributed by atoms with Gasteiger partial charge in [0, 0.05) is 36.6 Å². The van der Waals surface area contributed by atoms with Crippen LogP contribution in [0.3, 0.4) is 0 Å². The van der Waals surface area contributed by atoms with Gasteiger partial charge in [-0.15, -0.1) is 0 Å². The van der Waals surface area contributed by atoms with E-state index in [4.69, 9.17) is 9.47 Å². The fourth-order valence-electron chi connectivity index (χ4n) is 4.57. The molecular weight excluding hydrogens is 490 g/mol. The van der Waals surface area contributed by atoms with Gasteiger partial charge in [-0.2, -0.15) is 0 Å². The molecule has 0 fully saturated rings. The van der Waals surface area contributed by atoms with Crippen molar-refractivity contribution in [2.24, 2.45) is 0 Å². The van der Waals surface area contributed by atoms with Crippen LogP contribution in [0.25, 0.3) is 0 Å². The van der Waals surface area contributed by atoms with Gasteiger partial charge in [0.2, 0.25) is 5.91 Å². The van der Waals surface area contributed by atoms with Gasteiger partial charge in [0.25, 0.3) is 5.91 Å². The van der Waals surface area contributed by atoms with E-state index in [1.807, 2.05) is 35.4 Å². The SMILES string of the molecule is CCCCCN(CC(=O)N(Cc1cccn1Cc1cccc(OC)c1)C(C)CC)C(=O)c1ccc(OC)cc1. The van der Waals surface area contributed by atoms with E-state index in [1.54, 1.807) is 43.4 Å². The Bertz CT molecular complexity index is 1190. The van der Waals surface area contributed by atoms with Crippen LogP contribution in [0, 0.1) is 0 Å². The average molecular weight is 534 g/mol. The highest BCUT2D eigenvalue weighted by atomic mass is 16.5. The second-order valence-corrected chi connectivity index (χ2v) is 9.92. The second-order valence-electron chi connectivity index (χ2n) is 9.92. The molecule has 0 aliphatic carbocycles. The average Bonchev–Trinajstić information content (AvgIpc) is 3.40. The fourth-order valence-corrected chi connectivity index (χ4v) is 4.57. The molecule has 0 bridgehead atoms. The van der Waals surface area contributed by atoms with Crippen LogP contribution in [-0.4, -0.2) is 59.5 Å². The molecule has 210 valence electrons. The predicted octanol–water partition coefficient (Wildman–Crippen LogP) is 6.01. The van der Waals surface area contributed by atoms with Crippen molar-refractivity contribution in [3.63, 3.8) is 0 Å². The number of amides is 2. The van der Waals surface area contributed by atoms with E-state index in [0.717, 1.165) is 42.7 Å². The number of aromatic nitrogens is 1. The third kappa shape index (κ3) is 8.37. The highest BCUT2D eigenvalue weighted by Gasteiger charge is 2.25. The van der Waals surface area contributed by atoms with Gasteiger partial charge in [0.1, 0.15) is 18.0 Å². The van der Waals surface area contributed by atoms with Gasteiger partial charge in [0.05, 0.1) is 20.8 Å². The Kier molecular flexibility index (Phi) is 11.5. The summed E-state index contributed by atoms with van der Waals surface area (Å²) in [6, 6.07) is 19.2. The Hall–Kier alpha value is -3.74. The molecule has 2 aromatic carbocycles. The Morgan fingerprint density at radius 1 is 0.923 bits per heavy atom. The van der Waals surface area contributed by atoms with Gasteiger partial charge in [-0.05, 0) is 73.9 Å². The van der Waals surface area contributed by atoms with Crippen LogP contribution < -0.4 is 9.47 Å². The lowest BCUT2D eigenvalue weighted by molar-refractivity contribution is -0.134. The number of unbranched alkanes of at least 4 members (excludes halogenated alkanes) is 2. The van der Waals surface area contributed by atoms with Crippen LogP contribution >= 0.6 is 0 Å². The Balaban J connectivity index is 1.79. The molecule has 7 heteroatoms. The third-order valence-corrected chi connectivity index (χ3v) is 7.17. The van der Waals surface area contributed by atoms with Crippen molar-refractivity contribution in [2.45, 2.75) is 65.6 Å². The van der Waals surface area contributed by atoms with Crippen molar-refractivity contribution < 1.29 is 19.1 Å². The Labute approximate surface area is 233 Å². The molecular formula is C32H43N3O4. The molecule has 39 heavy (non-hydrogen) atoms. The van der Waals surface area contributed by atoms with Gasteiger partial charge in [0.15, 0.2) is 0 Å². The maximum absolute atomic E-state index is 13.8. The zero-order valence-corrected chi connectivity index (χ0v) is 24.1. The van der Waals surface area contributed by atoms with Crippen LogP contribution in [-0.2, 0) is 17.9 Å². The van der Waals surface area contributed by atoms with Crippen molar-refractivity contribution in [1.82, 2.24) is 14.4 Å². The highest BCUT2D eigenvalue weighted by molar-refractivity contribution is 5.96. The maximum Gasteiger partial charge on any atom is 0.254 e.